The van der Waals surface area contributed by atoms with Gasteiger partial charge in [-0.1, -0.05) is 60.1 Å². The summed E-state index contributed by atoms with van der Waals surface area (Å²) in [5, 5.41) is 10.9. The van der Waals surface area contributed by atoms with Crippen molar-refractivity contribution in [2.45, 2.75) is 118 Å². The molecule has 6 aliphatic rings. The van der Waals surface area contributed by atoms with Crippen LogP contribution in [0.2, 0.25) is 0 Å². The molecule has 4 saturated carbocycles. The summed E-state index contributed by atoms with van der Waals surface area (Å²) < 4.78 is 6.03. The van der Waals surface area contributed by atoms with Crippen molar-refractivity contribution in [2.75, 3.05) is 0 Å². The van der Waals surface area contributed by atoms with Gasteiger partial charge in [0.05, 0.1) is 11.5 Å². The molecule has 0 radical (unpaired) electrons. The number of hydrogen-bond acceptors (Lipinski definition) is 3. The van der Waals surface area contributed by atoms with Crippen LogP contribution in [0.3, 0.4) is 0 Å². The topological polar surface area (TPSA) is 46.5 Å². The standard InChI is InChI=1S/C30H46O3/c1-25(2)16-19-18-8-9-21-27(5)12-11-22(31)26(3,4)20(27)10-13-29(21,7)28(18,6)14-15-30(19)17-23(25)33-24(30)32/h8,19-23,31H,9-17H2,1-7H3/t19-,20+,21+,22-,23-,27-,28+,29+,30+/m0/s1. The van der Waals surface area contributed by atoms with Crippen LogP contribution in [-0.4, -0.2) is 23.3 Å². The summed E-state index contributed by atoms with van der Waals surface area (Å²) in [7, 11) is 0. The number of hydrogen-bond donors (Lipinski definition) is 1. The molecule has 9 atom stereocenters. The molecule has 0 aromatic rings. The lowest BCUT2D eigenvalue weighted by Crippen LogP contribution is -2.64. The number of aliphatic hydroxyl groups excluding tert-OH is 1. The first-order chi connectivity index (χ1) is 15.2. The van der Waals surface area contributed by atoms with E-state index in [1.165, 1.54) is 12.8 Å². The van der Waals surface area contributed by atoms with Gasteiger partial charge in [0.15, 0.2) is 0 Å². The first kappa shape index (κ1) is 22.6. The summed E-state index contributed by atoms with van der Waals surface area (Å²) in [5.74, 6) is 1.69. The lowest BCUT2D eigenvalue weighted by atomic mass is 9.33. The monoisotopic (exact) mass is 454 g/mol. The molecule has 6 rings (SSSR count). The highest BCUT2D eigenvalue weighted by Gasteiger charge is 2.71. The van der Waals surface area contributed by atoms with Gasteiger partial charge in [0, 0.05) is 11.8 Å². The van der Waals surface area contributed by atoms with Crippen LogP contribution in [0.4, 0.5) is 0 Å². The van der Waals surface area contributed by atoms with Crippen LogP contribution < -0.4 is 0 Å². The first-order valence-corrected chi connectivity index (χ1v) is 13.8. The van der Waals surface area contributed by atoms with Gasteiger partial charge in [-0.2, -0.15) is 0 Å². The molecule has 33 heavy (non-hydrogen) atoms. The molecule has 5 fully saturated rings. The SMILES string of the molecule is CC1(C)C[C@H]2C3=CC[C@@H]4[C@@]5(C)CC[C@H](O)C(C)(C)[C@H]5CC[C@@]4(C)[C@]3(C)CC[C@@]23C[C@@H]1OC3=O. The minimum Gasteiger partial charge on any atom is -0.461 e. The summed E-state index contributed by atoms with van der Waals surface area (Å²) >= 11 is 0. The lowest BCUT2D eigenvalue weighted by Gasteiger charge is -2.70. The molecule has 0 amide bonds. The van der Waals surface area contributed by atoms with Gasteiger partial charge in [-0.05, 0) is 90.8 Å². The molecule has 0 unspecified atom stereocenters. The molecule has 1 N–H and O–H groups in total. The predicted octanol–water partition coefficient (Wildman–Crippen LogP) is 6.68. The number of esters is 1. The van der Waals surface area contributed by atoms with Crippen molar-refractivity contribution in [3.63, 3.8) is 0 Å². The minimum atomic E-state index is -0.257. The number of carbonyl (C=O) groups excluding carboxylic acids is 1. The Hall–Kier alpha value is -0.830. The highest BCUT2D eigenvalue weighted by atomic mass is 16.6. The highest BCUT2D eigenvalue weighted by Crippen LogP contribution is 2.76. The van der Waals surface area contributed by atoms with Crippen LogP contribution in [0, 0.1) is 50.2 Å². The Balaban J connectivity index is 1.44. The minimum absolute atomic E-state index is 0.00807. The van der Waals surface area contributed by atoms with E-state index in [-0.39, 0.29) is 50.7 Å². The third-order valence-corrected chi connectivity index (χ3v) is 13.4. The molecule has 184 valence electrons. The zero-order chi connectivity index (χ0) is 23.8. The molecular formula is C30H46O3. The predicted molar refractivity (Wildman–Crippen MR) is 130 cm³/mol. The molecule has 1 saturated heterocycles. The van der Waals surface area contributed by atoms with E-state index >= 15 is 0 Å². The fourth-order valence-corrected chi connectivity index (χ4v) is 11.0. The van der Waals surface area contributed by atoms with Crippen molar-refractivity contribution < 1.29 is 14.6 Å². The number of carbonyl (C=O) groups is 1. The van der Waals surface area contributed by atoms with Crippen LogP contribution in [0.1, 0.15) is 106 Å². The van der Waals surface area contributed by atoms with Crippen LogP contribution in [0.5, 0.6) is 0 Å². The zero-order valence-corrected chi connectivity index (χ0v) is 22.1. The Kier molecular flexibility index (Phi) is 4.31. The van der Waals surface area contributed by atoms with Crippen molar-refractivity contribution >= 4 is 5.97 Å². The third kappa shape index (κ3) is 2.44. The second-order valence-corrected chi connectivity index (χ2v) is 15.2. The zero-order valence-electron chi connectivity index (χ0n) is 22.1. The van der Waals surface area contributed by atoms with Crippen LogP contribution in [0.25, 0.3) is 0 Å². The number of allylic oxidation sites excluding steroid dienone is 2. The van der Waals surface area contributed by atoms with Crippen molar-refractivity contribution in [3.05, 3.63) is 11.6 Å². The number of fused-ring (bicyclic) bond motifs is 7. The van der Waals surface area contributed by atoms with Crippen LogP contribution in [0.15, 0.2) is 11.6 Å². The highest BCUT2D eigenvalue weighted by molar-refractivity contribution is 5.81. The van der Waals surface area contributed by atoms with E-state index in [4.69, 9.17) is 4.74 Å². The molecule has 1 aliphatic heterocycles. The molecular weight excluding hydrogens is 408 g/mol. The maximum Gasteiger partial charge on any atom is 0.313 e. The van der Waals surface area contributed by atoms with Gasteiger partial charge >= 0.3 is 5.97 Å². The first-order valence-electron chi connectivity index (χ1n) is 13.8. The smallest absolute Gasteiger partial charge is 0.313 e. The average molecular weight is 455 g/mol. The fourth-order valence-electron chi connectivity index (χ4n) is 11.0. The summed E-state index contributed by atoms with van der Waals surface area (Å²) in [6.07, 6.45) is 12.4. The van der Waals surface area contributed by atoms with E-state index in [2.05, 4.69) is 54.5 Å². The van der Waals surface area contributed by atoms with Gasteiger partial charge in [-0.3, -0.25) is 4.79 Å². The lowest BCUT2D eigenvalue weighted by molar-refractivity contribution is -0.202. The van der Waals surface area contributed by atoms with E-state index in [0.717, 1.165) is 44.9 Å². The van der Waals surface area contributed by atoms with Crippen molar-refractivity contribution in [2.24, 2.45) is 50.2 Å². The Morgan fingerprint density at radius 1 is 0.909 bits per heavy atom. The second-order valence-electron chi connectivity index (χ2n) is 15.2. The van der Waals surface area contributed by atoms with Gasteiger partial charge in [-0.25, -0.2) is 0 Å². The summed E-state index contributed by atoms with van der Waals surface area (Å²) in [4.78, 5) is 13.3. The normalized spacial score (nSPS) is 55.9. The fraction of sp³-hybridized carbons (Fsp3) is 0.900. The van der Waals surface area contributed by atoms with Gasteiger partial charge < -0.3 is 9.84 Å². The summed E-state index contributed by atoms with van der Waals surface area (Å²) in [6.45, 7) is 17.1. The van der Waals surface area contributed by atoms with Crippen molar-refractivity contribution in [1.82, 2.24) is 0 Å². The molecule has 3 heteroatoms. The van der Waals surface area contributed by atoms with Crippen LogP contribution >= 0.6 is 0 Å². The number of ether oxygens (including phenoxy) is 1. The second kappa shape index (κ2) is 6.29. The quantitative estimate of drug-likeness (QED) is 0.328. The van der Waals surface area contributed by atoms with Gasteiger partial charge in [-0.15, -0.1) is 0 Å². The third-order valence-electron chi connectivity index (χ3n) is 13.4. The molecule has 1 spiro atoms. The number of rotatable bonds is 0. The Morgan fingerprint density at radius 3 is 2.36 bits per heavy atom. The Morgan fingerprint density at radius 2 is 1.64 bits per heavy atom. The summed E-state index contributed by atoms with van der Waals surface area (Å²) in [5.41, 5.74) is 2.11. The molecule has 5 aliphatic carbocycles. The van der Waals surface area contributed by atoms with Crippen molar-refractivity contribution in [3.8, 4) is 0 Å². The largest absolute Gasteiger partial charge is 0.461 e. The van der Waals surface area contributed by atoms with E-state index in [1.54, 1.807) is 5.57 Å². The Bertz CT molecular complexity index is 931. The molecule has 3 nitrogen and oxygen atoms in total. The maximum atomic E-state index is 13.3. The maximum absolute atomic E-state index is 13.3. The Labute approximate surface area is 201 Å². The average Bonchev–Trinajstić information content (AvgIpc) is 3.03. The van der Waals surface area contributed by atoms with Gasteiger partial charge in [0.2, 0.25) is 0 Å². The molecule has 2 bridgehead atoms. The van der Waals surface area contributed by atoms with E-state index in [9.17, 15) is 9.90 Å². The van der Waals surface area contributed by atoms with E-state index < -0.39 is 0 Å². The number of aliphatic hydroxyl groups is 1. The summed E-state index contributed by atoms with van der Waals surface area (Å²) in [6, 6.07) is 0. The molecule has 1 heterocycles. The van der Waals surface area contributed by atoms with Gasteiger partial charge in [0.25, 0.3) is 0 Å². The van der Waals surface area contributed by atoms with Gasteiger partial charge in [0.1, 0.15) is 6.10 Å². The van der Waals surface area contributed by atoms with E-state index in [1.807, 2.05) is 0 Å². The molecule has 0 aromatic carbocycles. The molecule has 0 aromatic heterocycles. The van der Waals surface area contributed by atoms with Crippen LogP contribution in [-0.2, 0) is 9.53 Å². The van der Waals surface area contributed by atoms with Crippen molar-refractivity contribution in [1.29, 1.82) is 0 Å². The van der Waals surface area contributed by atoms with E-state index in [0.29, 0.717) is 17.8 Å².